The van der Waals surface area contributed by atoms with Crippen LogP contribution in [0.5, 0.6) is 0 Å². The van der Waals surface area contributed by atoms with Crippen LogP contribution < -0.4 is 0 Å². The molecule has 0 aliphatic heterocycles. The summed E-state index contributed by atoms with van der Waals surface area (Å²) in [7, 11) is 0. The molecule has 0 amide bonds. The summed E-state index contributed by atoms with van der Waals surface area (Å²) in [6, 6.07) is 18.0. The first-order valence-corrected chi connectivity index (χ1v) is 6.89. The fraction of sp³-hybridized carbons (Fsp3) is 0.105. The van der Waals surface area contributed by atoms with Gasteiger partial charge < -0.3 is 0 Å². The summed E-state index contributed by atoms with van der Waals surface area (Å²) in [4.78, 5) is 34.5. The van der Waals surface area contributed by atoms with Crippen LogP contribution in [0.15, 0.2) is 66.2 Å². The molecule has 0 saturated heterocycles. The molecular weight excluding hydrogens is 276 g/mol. The van der Waals surface area contributed by atoms with Crippen LogP contribution in [-0.4, -0.2) is 17.7 Å². The number of Topliss-reactive ketones (excluding diaryl/α,β-unsaturated/α-hetero) is 1. The average molecular weight is 290 g/mol. The van der Waals surface area contributed by atoms with E-state index in [1.165, 1.54) is 0 Å². The van der Waals surface area contributed by atoms with E-state index in [-0.39, 0.29) is 17.6 Å². The minimum absolute atomic E-state index is 0.0361. The van der Waals surface area contributed by atoms with E-state index in [2.05, 4.69) is 0 Å². The molecule has 0 aromatic heterocycles. The van der Waals surface area contributed by atoms with Gasteiger partial charge in [0.05, 0.1) is 5.57 Å². The van der Waals surface area contributed by atoms with Crippen molar-refractivity contribution in [2.45, 2.75) is 12.8 Å². The van der Waals surface area contributed by atoms with Crippen LogP contribution in [0.25, 0.3) is 5.57 Å². The molecule has 3 nitrogen and oxygen atoms in total. The van der Waals surface area contributed by atoms with Gasteiger partial charge in [-0.1, -0.05) is 60.7 Å². The molecule has 2 rings (SSSR count). The first-order chi connectivity index (χ1) is 10.8. The minimum atomic E-state index is -0.605. The summed E-state index contributed by atoms with van der Waals surface area (Å²) in [5, 5.41) is 0. The van der Waals surface area contributed by atoms with Crippen molar-refractivity contribution < 1.29 is 14.4 Å². The van der Waals surface area contributed by atoms with Gasteiger partial charge in [-0.3, -0.25) is 4.79 Å². The second-order valence-corrected chi connectivity index (χ2v) is 4.74. The number of hydrogen-bond acceptors (Lipinski definition) is 3. The highest BCUT2D eigenvalue weighted by molar-refractivity contribution is 6.36. The summed E-state index contributed by atoms with van der Waals surface area (Å²) in [6.45, 7) is 0. The van der Waals surface area contributed by atoms with Crippen molar-refractivity contribution in [3.8, 4) is 0 Å². The molecule has 0 radical (unpaired) electrons. The summed E-state index contributed by atoms with van der Waals surface area (Å²) in [6.07, 6.45) is 0.780. The van der Waals surface area contributed by atoms with E-state index in [0.717, 1.165) is 5.56 Å². The number of hydrogen-bond donors (Lipinski definition) is 0. The fourth-order valence-corrected chi connectivity index (χ4v) is 2.12. The van der Waals surface area contributed by atoms with Crippen molar-refractivity contribution in [1.82, 2.24) is 0 Å². The molecule has 0 saturated carbocycles. The zero-order valence-electron chi connectivity index (χ0n) is 11.9. The molecule has 0 heterocycles. The lowest BCUT2D eigenvalue weighted by molar-refractivity contribution is -0.110. The van der Waals surface area contributed by atoms with E-state index < -0.39 is 5.78 Å². The van der Waals surface area contributed by atoms with Crippen molar-refractivity contribution in [3.05, 3.63) is 77.4 Å². The van der Waals surface area contributed by atoms with Crippen LogP contribution in [0.3, 0.4) is 0 Å². The molecule has 0 atom stereocenters. The Balaban J connectivity index is 2.15. The Morgan fingerprint density at radius 2 is 1.41 bits per heavy atom. The molecule has 3 heteroatoms. The molecule has 0 aliphatic carbocycles. The van der Waals surface area contributed by atoms with Gasteiger partial charge in [-0.25, -0.2) is 9.59 Å². The molecule has 0 aliphatic rings. The summed E-state index contributed by atoms with van der Waals surface area (Å²) in [5.41, 5.74) is 1.30. The molecule has 2 aromatic carbocycles. The van der Waals surface area contributed by atoms with E-state index in [1.807, 2.05) is 30.3 Å². The van der Waals surface area contributed by atoms with Gasteiger partial charge in [0.1, 0.15) is 17.5 Å². The Labute approximate surface area is 128 Å². The van der Waals surface area contributed by atoms with Crippen LogP contribution in [0, 0.1) is 0 Å². The lowest BCUT2D eigenvalue weighted by Crippen LogP contribution is -2.08. The second kappa shape index (κ2) is 7.70. The van der Waals surface area contributed by atoms with E-state index in [0.29, 0.717) is 12.0 Å². The van der Waals surface area contributed by atoms with E-state index in [4.69, 9.17) is 0 Å². The zero-order chi connectivity index (χ0) is 15.8. The van der Waals surface area contributed by atoms with Gasteiger partial charge in [0.25, 0.3) is 0 Å². The quantitative estimate of drug-likeness (QED) is 0.607. The van der Waals surface area contributed by atoms with Gasteiger partial charge in [0, 0.05) is 0 Å². The highest BCUT2D eigenvalue weighted by Gasteiger charge is 2.19. The average Bonchev–Trinajstić information content (AvgIpc) is 2.58. The standard InChI is InChI=1S/C19H14O3/c20-13-17(12-11-15-7-3-1-4-8-15)19(22)18(14-21)16-9-5-2-6-10-16/h1-10H,11-12H2. The summed E-state index contributed by atoms with van der Waals surface area (Å²) >= 11 is 0. The molecule has 0 spiro atoms. The second-order valence-electron chi connectivity index (χ2n) is 4.74. The van der Waals surface area contributed by atoms with Gasteiger partial charge in [-0.2, -0.15) is 0 Å². The van der Waals surface area contributed by atoms with E-state index in [9.17, 15) is 14.4 Å². The highest BCUT2D eigenvalue weighted by Crippen LogP contribution is 2.18. The Morgan fingerprint density at radius 1 is 0.818 bits per heavy atom. The van der Waals surface area contributed by atoms with Crippen LogP contribution in [0.2, 0.25) is 0 Å². The summed E-state index contributed by atoms with van der Waals surface area (Å²) in [5.74, 6) is 2.72. The monoisotopic (exact) mass is 290 g/mol. The molecule has 0 bridgehead atoms. The molecule has 0 fully saturated rings. The van der Waals surface area contributed by atoms with Gasteiger partial charge in [-0.15, -0.1) is 0 Å². The van der Waals surface area contributed by atoms with Gasteiger partial charge in [0.2, 0.25) is 5.78 Å². The van der Waals surface area contributed by atoms with Crippen molar-refractivity contribution in [1.29, 1.82) is 0 Å². The zero-order valence-corrected chi connectivity index (χ0v) is 11.9. The summed E-state index contributed by atoms with van der Waals surface area (Å²) < 4.78 is 0. The van der Waals surface area contributed by atoms with Gasteiger partial charge >= 0.3 is 0 Å². The van der Waals surface area contributed by atoms with Crippen molar-refractivity contribution >= 4 is 23.2 Å². The molecule has 2 aromatic rings. The largest absolute Gasteiger partial charge is 0.287 e. The van der Waals surface area contributed by atoms with Crippen LogP contribution >= 0.6 is 0 Å². The third kappa shape index (κ3) is 3.77. The maximum atomic E-state index is 12.3. The van der Waals surface area contributed by atoms with Crippen LogP contribution in [0.1, 0.15) is 17.5 Å². The first kappa shape index (κ1) is 15.4. The maximum absolute atomic E-state index is 12.3. The molecule has 0 N–H and O–H groups in total. The number of carbonyl (C=O) groups excluding carboxylic acids is 3. The van der Waals surface area contributed by atoms with Crippen LogP contribution in [-0.2, 0) is 20.8 Å². The number of carbonyl (C=O) groups is 1. The van der Waals surface area contributed by atoms with Gasteiger partial charge in [0.15, 0.2) is 0 Å². The Kier molecular flexibility index (Phi) is 5.39. The highest BCUT2D eigenvalue weighted by atomic mass is 16.1. The molecule has 108 valence electrons. The molecular formula is C19H14O3. The van der Waals surface area contributed by atoms with E-state index >= 15 is 0 Å². The van der Waals surface area contributed by atoms with E-state index in [1.54, 1.807) is 42.2 Å². The number of allylic oxidation sites excluding steroid dienone is 2. The number of benzene rings is 2. The normalized spacial score (nSPS) is 9.45. The predicted molar refractivity (Wildman–Crippen MR) is 84.5 cm³/mol. The molecule has 0 unspecified atom stereocenters. The van der Waals surface area contributed by atoms with Crippen molar-refractivity contribution in [2.24, 2.45) is 0 Å². The van der Waals surface area contributed by atoms with Crippen molar-refractivity contribution in [3.63, 3.8) is 0 Å². The molecule has 22 heavy (non-hydrogen) atoms. The SMILES string of the molecule is O=C=C(CCc1ccccc1)C(=O)C(=C=O)c1ccccc1. The fourth-order valence-electron chi connectivity index (χ4n) is 2.12. The maximum Gasteiger partial charge on any atom is 0.211 e. The third-order valence-electron chi connectivity index (χ3n) is 3.30. The minimum Gasteiger partial charge on any atom is -0.287 e. The van der Waals surface area contributed by atoms with Crippen molar-refractivity contribution in [2.75, 3.05) is 0 Å². The Hall–Kier alpha value is -2.99. The Morgan fingerprint density at radius 3 is 1.95 bits per heavy atom. The lowest BCUT2D eigenvalue weighted by Gasteiger charge is -2.05. The lowest BCUT2D eigenvalue weighted by atomic mass is 9.95. The number of aryl methyl sites for hydroxylation is 1. The number of ketones is 1. The predicted octanol–water partition coefficient (Wildman–Crippen LogP) is 2.86. The smallest absolute Gasteiger partial charge is 0.211 e. The Bertz CT molecular complexity index is 748. The van der Waals surface area contributed by atoms with Gasteiger partial charge in [-0.05, 0) is 24.0 Å². The first-order valence-electron chi connectivity index (χ1n) is 6.89. The third-order valence-corrected chi connectivity index (χ3v) is 3.30. The van der Waals surface area contributed by atoms with Crippen LogP contribution in [0.4, 0.5) is 0 Å². The number of rotatable bonds is 6. The topological polar surface area (TPSA) is 51.2 Å².